The highest BCUT2D eigenvalue weighted by Crippen LogP contribution is 2.49. The van der Waals surface area contributed by atoms with E-state index in [1.807, 2.05) is 0 Å². The molecule has 1 rings (SSSR count). The van der Waals surface area contributed by atoms with E-state index in [1.165, 1.54) is 6.42 Å². The molecular weight excluding hydrogens is 224 g/mol. The van der Waals surface area contributed by atoms with Gasteiger partial charge in [-0.05, 0) is 28.6 Å². The quantitative estimate of drug-likeness (QED) is 0.520. The van der Waals surface area contributed by atoms with Crippen molar-refractivity contribution >= 4 is 0 Å². The summed E-state index contributed by atoms with van der Waals surface area (Å²) in [6.07, 6.45) is 1.21. The van der Waals surface area contributed by atoms with Gasteiger partial charge >= 0.3 is 0 Å². The summed E-state index contributed by atoms with van der Waals surface area (Å²) in [7, 11) is 0. The molecule has 1 aliphatic rings. The molecule has 2 heteroatoms. The third-order valence-corrected chi connectivity index (χ3v) is 4.98. The molecule has 0 aromatic heterocycles. The van der Waals surface area contributed by atoms with E-state index in [-0.39, 0.29) is 11.7 Å². The van der Waals surface area contributed by atoms with E-state index >= 15 is 0 Å². The van der Waals surface area contributed by atoms with Gasteiger partial charge in [0.2, 0.25) is 6.29 Å². The van der Waals surface area contributed by atoms with Gasteiger partial charge in [0.1, 0.15) is 0 Å². The van der Waals surface area contributed by atoms with Gasteiger partial charge in [0.25, 0.3) is 0 Å². The Balaban J connectivity index is 2.77. The lowest BCUT2D eigenvalue weighted by atomic mass is 9.61. The molecule has 1 aliphatic heterocycles. The maximum absolute atomic E-state index is 5.12. The molecule has 0 spiro atoms. The lowest BCUT2D eigenvalue weighted by Gasteiger charge is -2.43. The van der Waals surface area contributed by atoms with Crippen molar-refractivity contribution in [3.63, 3.8) is 0 Å². The first-order chi connectivity index (χ1) is 7.86. The minimum Gasteiger partial charge on any atom is -0.198 e. The second-order valence-electron chi connectivity index (χ2n) is 8.77. The van der Waals surface area contributed by atoms with E-state index in [9.17, 15) is 0 Å². The smallest absolute Gasteiger partial charge is 0.198 e. The van der Waals surface area contributed by atoms with Gasteiger partial charge in [-0.3, -0.25) is 0 Å². The van der Waals surface area contributed by atoms with Gasteiger partial charge < -0.3 is 0 Å². The highest BCUT2D eigenvalue weighted by Gasteiger charge is 2.47. The zero-order valence-electron chi connectivity index (χ0n) is 13.8. The van der Waals surface area contributed by atoms with E-state index in [0.717, 1.165) is 0 Å². The largest absolute Gasteiger partial charge is 0.228 e. The fourth-order valence-electron chi connectivity index (χ4n) is 2.92. The Hall–Kier alpha value is -0.0800. The fourth-order valence-corrected chi connectivity index (χ4v) is 2.92. The van der Waals surface area contributed by atoms with Crippen LogP contribution in [-0.2, 0) is 9.78 Å². The van der Waals surface area contributed by atoms with Crippen LogP contribution in [-0.4, -0.2) is 6.29 Å². The van der Waals surface area contributed by atoms with Crippen LogP contribution in [0.1, 0.15) is 68.7 Å². The van der Waals surface area contributed by atoms with E-state index in [4.69, 9.17) is 9.78 Å². The van der Waals surface area contributed by atoms with Crippen molar-refractivity contribution in [2.75, 3.05) is 0 Å². The van der Waals surface area contributed by atoms with Crippen molar-refractivity contribution in [3.05, 3.63) is 0 Å². The summed E-state index contributed by atoms with van der Waals surface area (Å²) in [4.78, 5) is 10.2. The molecule has 0 radical (unpaired) electrons. The SMILES string of the molecule is CC(CC(C)(C)C(C)(C)C)C(C1OO1)C(C)(C)C. The Morgan fingerprint density at radius 1 is 0.889 bits per heavy atom. The van der Waals surface area contributed by atoms with Gasteiger partial charge in [0, 0.05) is 5.92 Å². The van der Waals surface area contributed by atoms with Gasteiger partial charge in [-0.25, -0.2) is 0 Å². The summed E-state index contributed by atoms with van der Waals surface area (Å²) in [6.45, 7) is 20.9. The van der Waals surface area contributed by atoms with Gasteiger partial charge in [0.15, 0.2) is 0 Å². The molecule has 1 fully saturated rings. The lowest BCUT2D eigenvalue weighted by molar-refractivity contribution is 0.0448. The molecular formula is C16H32O2. The molecule has 0 saturated carbocycles. The Bertz CT molecular complexity index is 276. The van der Waals surface area contributed by atoms with Crippen LogP contribution in [0.15, 0.2) is 0 Å². The van der Waals surface area contributed by atoms with E-state index in [2.05, 4.69) is 62.3 Å². The third kappa shape index (κ3) is 3.71. The van der Waals surface area contributed by atoms with Crippen molar-refractivity contribution in [3.8, 4) is 0 Å². The standard InChI is InChI=1S/C16H32O2/c1-11(10-16(8,9)15(5,6)7)12(13-17-18-13)14(2,3)4/h11-13H,10H2,1-9H3. The highest BCUT2D eigenvalue weighted by molar-refractivity contribution is 4.89. The summed E-state index contributed by atoms with van der Waals surface area (Å²) in [5.41, 5.74) is 0.842. The van der Waals surface area contributed by atoms with Crippen molar-refractivity contribution in [1.82, 2.24) is 0 Å². The van der Waals surface area contributed by atoms with Crippen LogP contribution in [0.4, 0.5) is 0 Å². The van der Waals surface area contributed by atoms with Gasteiger partial charge in [-0.2, -0.15) is 9.78 Å². The molecule has 0 bridgehead atoms. The van der Waals surface area contributed by atoms with E-state index in [1.54, 1.807) is 0 Å². The Kier molecular flexibility index (Phi) is 4.25. The number of hydrogen-bond acceptors (Lipinski definition) is 2. The zero-order valence-corrected chi connectivity index (χ0v) is 13.8. The Morgan fingerprint density at radius 2 is 1.33 bits per heavy atom. The average Bonchev–Trinajstić information content (AvgIpc) is 2.81. The average molecular weight is 256 g/mol. The zero-order chi connectivity index (χ0) is 14.4. The molecule has 0 aliphatic carbocycles. The topological polar surface area (TPSA) is 25.1 Å². The normalized spacial score (nSPS) is 21.8. The molecule has 2 unspecified atom stereocenters. The van der Waals surface area contributed by atoms with Gasteiger partial charge in [-0.1, -0.05) is 62.3 Å². The van der Waals surface area contributed by atoms with Gasteiger partial charge in [0.05, 0.1) is 0 Å². The second kappa shape index (κ2) is 4.79. The first-order valence-corrected chi connectivity index (χ1v) is 7.18. The molecule has 1 saturated heterocycles. The fraction of sp³-hybridized carbons (Fsp3) is 1.00. The second-order valence-corrected chi connectivity index (χ2v) is 8.77. The highest BCUT2D eigenvalue weighted by atomic mass is 17.4. The molecule has 0 aromatic carbocycles. The minimum absolute atomic E-state index is 0.00997. The Labute approximate surface area is 113 Å². The van der Waals surface area contributed by atoms with Crippen molar-refractivity contribution in [2.45, 2.75) is 75.0 Å². The van der Waals surface area contributed by atoms with Crippen LogP contribution < -0.4 is 0 Å². The first kappa shape index (κ1) is 16.0. The summed E-state index contributed by atoms with van der Waals surface area (Å²) < 4.78 is 0. The van der Waals surface area contributed by atoms with Crippen LogP contribution in [0, 0.1) is 28.1 Å². The van der Waals surface area contributed by atoms with Crippen molar-refractivity contribution in [1.29, 1.82) is 0 Å². The molecule has 0 N–H and O–H groups in total. The first-order valence-electron chi connectivity index (χ1n) is 7.18. The van der Waals surface area contributed by atoms with Crippen molar-refractivity contribution in [2.24, 2.45) is 28.1 Å². The summed E-state index contributed by atoms with van der Waals surface area (Å²) in [5, 5.41) is 0. The van der Waals surface area contributed by atoms with Crippen molar-refractivity contribution < 1.29 is 9.78 Å². The van der Waals surface area contributed by atoms with E-state index < -0.39 is 0 Å². The third-order valence-electron chi connectivity index (χ3n) is 4.98. The molecule has 108 valence electrons. The monoisotopic (exact) mass is 256 g/mol. The minimum atomic E-state index is 0.00997. The number of rotatable bonds is 4. The molecule has 1 heterocycles. The number of hydrogen-bond donors (Lipinski definition) is 0. The van der Waals surface area contributed by atoms with Gasteiger partial charge in [-0.15, -0.1) is 0 Å². The molecule has 0 amide bonds. The lowest BCUT2D eigenvalue weighted by Crippen LogP contribution is -2.37. The molecule has 2 nitrogen and oxygen atoms in total. The van der Waals surface area contributed by atoms with Crippen LogP contribution in [0.2, 0.25) is 0 Å². The maximum Gasteiger partial charge on any atom is 0.228 e. The van der Waals surface area contributed by atoms with Crippen LogP contribution in [0.3, 0.4) is 0 Å². The molecule has 2 atom stereocenters. The van der Waals surface area contributed by atoms with Crippen LogP contribution in [0.25, 0.3) is 0 Å². The Morgan fingerprint density at radius 3 is 1.61 bits per heavy atom. The molecule has 0 aromatic rings. The summed E-state index contributed by atoms with van der Waals surface area (Å²) in [6, 6.07) is 0. The van der Waals surface area contributed by atoms with Crippen LogP contribution >= 0.6 is 0 Å². The summed E-state index contributed by atoms with van der Waals surface area (Å²) in [5.74, 6) is 1.05. The predicted molar refractivity (Wildman–Crippen MR) is 75.9 cm³/mol. The van der Waals surface area contributed by atoms with Crippen LogP contribution in [0.5, 0.6) is 0 Å². The summed E-state index contributed by atoms with van der Waals surface area (Å²) >= 11 is 0. The van der Waals surface area contributed by atoms with E-state index in [0.29, 0.717) is 22.7 Å². The maximum atomic E-state index is 5.12. The molecule has 18 heavy (non-hydrogen) atoms. The predicted octanol–water partition coefficient (Wildman–Crippen LogP) is 5.04.